The van der Waals surface area contributed by atoms with Gasteiger partial charge >= 0.3 is 11.9 Å². The van der Waals surface area contributed by atoms with Crippen LogP contribution >= 0.6 is 0 Å². The number of aliphatic hydroxyl groups is 3. The number of aliphatic hydroxyl groups excluding tert-OH is 1. The molecule has 0 saturated heterocycles. The molecule has 0 spiro atoms. The maximum absolute atomic E-state index is 12.2. The molecule has 2 atom stereocenters. The van der Waals surface area contributed by atoms with Crippen LogP contribution in [-0.4, -0.2) is 71.8 Å². The van der Waals surface area contributed by atoms with Crippen LogP contribution in [0.4, 0.5) is 0 Å². The van der Waals surface area contributed by atoms with E-state index in [1.165, 1.54) is 48.6 Å². The summed E-state index contributed by atoms with van der Waals surface area (Å²) in [6.45, 7) is 0. The van der Waals surface area contributed by atoms with E-state index >= 15 is 0 Å². The molecule has 1 fully saturated rings. The molecule has 0 bridgehead atoms. The fraction of sp³-hybridized carbons (Fsp3) is 0.250. The van der Waals surface area contributed by atoms with Gasteiger partial charge in [-0.25, -0.2) is 9.59 Å². The molecule has 186 valence electrons. The van der Waals surface area contributed by atoms with Gasteiger partial charge in [0.15, 0.2) is 28.8 Å². The molecule has 0 amide bonds. The summed E-state index contributed by atoms with van der Waals surface area (Å²) in [5.74, 6) is -5.76. The topological polar surface area (TPSA) is 194 Å². The average Bonchev–Trinajstić information content (AvgIpc) is 2.78. The van der Waals surface area contributed by atoms with E-state index in [-0.39, 0.29) is 11.5 Å². The molecule has 1 saturated carbocycles. The first kappa shape index (κ1) is 25.6. The zero-order valence-electron chi connectivity index (χ0n) is 18.2. The minimum Gasteiger partial charge on any atom is -0.504 e. The van der Waals surface area contributed by atoms with E-state index in [1.54, 1.807) is 0 Å². The molecule has 2 aromatic rings. The predicted octanol–water partition coefficient (Wildman–Crippen LogP) is 0.895. The highest BCUT2D eigenvalue weighted by Crippen LogP contribution is 2.31. The van der Waals surface area contributed by atoms with Crippen LogP contribution in [0.1, 0.15) is 24.0 Å². The normalized spacial score (nSPS) is 21.7. The Morgan fingerprint density at radius 2 is 1.14 bits per heavy atom. The van der Waals surface area contributed by atoms with Crippen molar-refractivity contribution in [2.75, 3.05) is 0 Å². The Morgan fingerprint density at radius 1 is 0.743 bits per heavy atom. The summed E-state index contributed by atoms with van der Waals surface area (Å²) < 4.78 is 10.2. The number of phenolic OH excluding ortho intramolecular Hbond substituents is 4. The lowest BCUT2D eigenvalue weighted by atomic mass is 9.87. The first-order valence-electron chi connectivity index (χ1n) is 10.4. The van der Waals surface area contributed by atoms with Gasteiger partial charge in [-0.2, -0.15) is 0 Å². The lowest BCUT2D eigenvalue weighted by Gasteiger charge is -2.39. The van der Waals surface area contributed by atoms with Gasteiger partial charge in [0, 0.05) is 25.0 Å². The first-order chi connectivity index (χ1) is 16.4. The molecule has 3 rings (SSSR count). The number of carbonyl (C=O) groups is 2. The number of benzene rings is 2. The lowest BCUT2D eigenvalue weighted by Crippen LogP contribution is -2.55. The third-order valence-electron chi connectivity index (χ3n) is 5.18. The first-order valence-corrected chi connectivity index (χ1v) is 10.4. The van der Waals surface area contributed by atoms with Crippen LogP contribution < -0.4 is 0 Å². The van der Waals surface area contributed by atoms with Gasteiger partial charge in [0.25, 0.3) is 0 Å². The van der Waals surface area contributed by atoms with Crippen LogP contribution in [0.25, 0.3) is 12.2 Å². The summed E-state index contributed by atoms with van der Waals surface area (Å²) >= 11 is 0. The number of ether oxygens (including phenoxy) is 2. The van der Waals surface area contributed by atoms with Crippen molar-refractivity contribution in [3.63, 3.8) is 0 Å². The molecule has 0 aliphatic heterocycles. The molecule has 35 heavy (non-hydrogen) atoms. The Balaban J connectivity index is 1.63. The second kappa shape index (κ2) is 10.5. The van der Waals surface area contributed by atoms with E-state index in [0.717, 1.165) is 12.2 Å². The van der Waals surface area contributed by atoms with Gasteiger partial charge < -0.3 is 45.2 Å². The standard InChI is InChI=1S/C24H24O11/c25-15-5-1-13(9-17(15)27)3-7-21(29)34-19-11-24(32,33)12-20(23(19)31)35-22(30)8-4-14-2-6-16(26)18(28)10-14/h1-10,19-20,23,25-28,31-33H,11-12H2. The number of phenols is 4. The van der Waals surface area contributed by atoms with Crippen LogP contribution in [0, 0.1) is 0 Å². The molecule has 11 heteroatoms. The molecule has 7 N–H and O–H groups in total. The van der Waals surface area contributed by atoms with Crippen LogP contribution in [0.5, 0.6) is 23.0 Å². The summed E-state index contributed by atoms with van der Waals surface area (Å²) in [5, 5.41) is 68.3. The van der Waals surface area contributed by atoms with Gasteiger partial charge in [-0.05, 0) is 47.5 Å². The summed E-state index contributed by atoms with van der Waals surface area (Å²) in [6, 6.07) is 7.67. The molecule has 0 heterocycles. The maximum Gasteiger partial charge on any atom is 0.331 e. The van der Waals surface area contributed by atoms with Gasteiger partial charge in [-0.3, -0.25) is 0 Å². The minimum atomic E-state index is -2.39. The molecule has 0 radical (unpaired) electrons. The molecular formula is C24H24O11. The monoisotopic (exact) mass is 488 g/mol. The molecule has 2 aromatic carbocycles. The van der Waals surface area contributed by atoms with Gasteiger partial charge in [0.1, 0.15) is 18.3 Å². The molecule has 0 aromatic heterocycles. The van der Waals surface area contributed by atoms with Crippen molar-refractivity contribution in [3.8, 4) is 23.0 Å². The Kier molecular flexibility index (Phi) is 7.65. The van der Waals surface area contributed by atoms with Crippen molar-refractivity contribution >= 4 is 24.1 Å². The van der Waals surface area contributed by atoms with Crippen molar-refractivity contribution < 1.29 is 54.8 Å². The summed E-state index contributed by atoms with van der Waals surface area (Å²) in [5.41, 5.74) is 0.723. The zero-order valence-corrected chi connectivity index (χ0v) is 18.2. The van der Waals surface area contributed by atoms with Crippen LogP contribution in [0.3, 0.4) is 0 Å². The molecule has 1 aliphatic rings. The maximum atomic E-state index is 12.2. The highest BCUT2D eigenvalue weighted by molar-refractivity contribution is 5.88. The largest absolute Gasteiger partial charge is 0.504 e. The van der Waals surface area contributed by atoms with E-state index in [4.69, 9.17) is 9.47 Å². The Bertz CT molecular complexity index is 1060. The molecule has 1 aliphatic carbocycles. The molecular weight excluding hydrogens is 464 g/mol. The Hall–Kier alpha value is -4.06. The van der Waals surface area contributed by atoms with Crippen LogP contribution in [0.15, 0.2) is 48.6 Å². The van der Waals surface area contributed by atoms with Crippen LogP contribution in [-0.2, 0) is 19.1 Å². The molecule has 2 unspecified atom stereocenters. The van der Waals surface area contributed by atoms with Gasteiger partial charge in [0.05, 0.1) is 0 Å². The Labute approximate surface area is 199 Å². The number of hydrogen-bond donors (Lipinski definition) is 7. The number of hydrogen-bond acceptors (Lipinski definition) is 11. The van der Waals surface area contributed by atoms with E-state index in [0.29, 0.717) is 11.1 Å². The summed E-state index contributed by atoms with van der Waals surface area (Å²) in [7, 11) is 0. The highest BCUT2D eigenvalue weighted by atomic mass is 16.6. The number of carbonyl (C=O) groups excluding carboxylic acids is 2. The van der Waals surface area contributed by atoms with Gasteiger partial charge in [0.2, 0.25) is 0 Å². The van der Waals surface area contributed by atoms with Crippen molar-refractivity contribution in [1.82, 2.24) is 0 Å². The number of aromatic hydroxyl groups is 4. The molecule has 11 nitrogen and oxygen atoms in total. The Morgan fingerprint density at radius 3 is 1.51 bits per heavy atom. The SMILES string of the molecule is O=C(C=Cc1ccc(O)c(O)c1)OC1CC(O)(O)CC(OC(=O)C=Cc2ccc(O)c(O)c2)C1O. The minimum absolute atomic E-state index is 0.339. The zero-order chi connectivity index (χ0) is 25.8. The van der Waals surface area contributed by atoms with E-state index in [2.05, 4.69) is 0 Å². The van der Waals surface area contributed by atoms with Crippen molar-refractivity contribution in [1.29, 1.82) is 0 Å². The van der Waals surface area contributed by atoms with E-state index < -0.39 is 60.4 Å². The van der Waals surface area contributed by atoms with Gasteiger partial charge in [-0.15, -0.1) is 0 Å². The second-order valence-electron chi connectivity index (χ2n) is 7.99. The summed E-state index contributed by atoms with van der Waals surface area (Å²) in [6.07, 6.45) is -0.987. The lowest BCUT2D eigenvalue weighted by molar-refractivity contribution is -0.251. The average molecular weight is 488 g/mol. The van der Waals surface area contributed by atoms with Crippen molar-refractivity contribution in [2.45, 2.75) is 36.9 Å². The quantitative estimate of drug-likeness (QED) is 0.132. The van der Waals surface area contributed by atoms with E-state index in [1.807, 2.05) is 0 Å². The van der Waals surface area contributed by atoms with Crippen molar-refractivity contribution in [3.05, 3.63) is 59.7 Å². The van der Waals surface area contributed by atoms with Crippen molar-refractivity contribution in [2.24, 2.45) is 0 Å². The summed E-state index contributed by atoms with van der Waals surface area (Å²) in [4.78, 5) is 24.4. The van der Waals surface area contributed by atoms with E-state index in [9.17, 15) is 45.3 Å². The fourth-order valence-electron chi connectivity index (χ4n) is 3.43. The van der Waals surface area contributed by atoms with Crippen LogP contribution in [0.2, 0.25) is 0 Å². The highest BCUT2D eigenvalue weighted by Gasteiger charge is 2.47. The second-order valence-corrected chi connectivity index (χ2v) is 7.99. The number of rotatable bonds is 6. The third-order valence-corrected chi connectivity index (χ3v) is 5.18. The predicted molar refractivity (Wildman–Crippen MR) is 120 cm³/mol. The third kappa shape index (κ3) is 6.96. The smallest absolute Gasteiger partial charge is 0.331 e. The fourth-order valence-corrected chi connectivity index (χ4v) is 3.43. The van der Waals surface area contributed by atoms with Gasteiger partial charge in [-0.1, -0.05) is 12.1 Å². The number of esters is 2.